The van der Waals surface area contributed by atoms with Crippen LogP contribution in [0.25, 0.3) is 43.6 Å². The van der Waals surface area contributed by atoms with Gasteiger partial charge in [-0.15, -0.1) is 0 Å². The van der Waals surface area contributed by atoms with Gasteiger partial charge in [-0.3, -0.25) is 0 Å². The molecule has 150 valence electrons. The lowest BCUT2D eigenvalue weighted by Gasteiger charge is -2.11. The van der Waals surface area contributed by atoms with Crippen molar-refractivity contribution in [2.45, 2.75) is 32.4 Å². The maximum absolute atomic E-state index is 2.53. The first-order valence-corrected chi connectivity index (χ1v) is 11.4. The van der Waals surface area contributed by atoms with Gasteiger partial charge in [0.15, 0.2) is 0 Å². The molecule has 2 aromatic heterocycles. The second-order valence-corrected chi connectivity index (χ2v) is 8.89. The Morgan fingerprint density at radius 1 is 0.452 bits per heavy atom. The number of rotatable bonds is 0. The number of aryl methyl sites for hydroxylation is 4. The largest absolute Gasteiger partial charge is 0.340 e. The van der Waals surface area contributed by atoms with Gasteiger partial charge in [-0.05, 0) is 66.8 Å². The Labute approximate surface area is 181 Å². The molecular formula is C29H24N2. The molecule has 0 aliphatic carbocycles. The van der Waals surface area contributed by atoms with Crippen molar-refractivity contribution in [2.24, 2.45) is 0 Å². The molecule has 31 heavy (non-hydrogen) atoms. The number of nitrogens with zero attached hydrogens (tertiary/aromatic N) is 2. The van der Waals surface area contributed by atoms with Crippen LogP contribution in [0.3, 0.4) is 0 Å². The normalized spacial score (nSPS) is 14.5. The second-order valence-electron chi connectivity index (χ2n) is 8.89. The first kappa shape index (κ1) is 17.2. The van der Waals surface area contributed by atoms with Crippen LogP contribution in [0.2, 0.25) is 0 Å². The highest BCUT2D eigenvalue weighted by atomic mass is 15.0. The maximum Gasteiger partial charge on any atom is 0.0491 e. The molecule has 4 aliphatic rings. The van der Waals surface area contributed by atoms with Crippen molar-refractivity contribution in [1.29, 1.82) is 0 Å². The van der Waals surface area contributed by atoms with Crippen LogP contribution in [-0.2, 0) is 25.9 Å². The van der Waals surface area contributed by atoms with Crippen molar-refractivity contribution >= 4 is 43.6 Å². The number of hydrogen-bond donors (Lipinski definition) is 0. The third kappa shape index (κ3) is 2.51. The van der Waals surface area contributed by atoms with Gasteiger partial charge in [-0.2, -0.15) is 0 Å². The van der Waals surface area contributed by atoms with Crippen LogP contribution in [0.1, 0.15) is 17.5 Å². The molecule has 0 spiro atoms. The van der Waals surface area contributed by atoms with E-state index in [-0.39, 0.29) is 0 Å². The van der Waals surface area contributed by atoms with Crippen LogP contribution in [0.5, 0.6) is 0 Å². The van der Waals surface area contributed by atoms with Gasteiger partial charge in [0, 0.05) is 56.7 Å². The molecule has 0 atom stereocenters. The lowest BCUT2D eigenvalue weighted by Crippen LogP contribution is -2.04. The van der Waals surface area contributed by atoms with Crippen molar-refractivity contribution in [3.05, 3.63) is 96.1 Å². The standard InChI is InChI=1S/C29H24N2/c1-3-8-26-22(6-1)24-18-20-10-11-21-13-15-29-25(19-21)23-7-2-4-9-27(23)31(29)17-5-16-30(26)28(24)14-12-20/h1-4,6-9,12-15,18-19H,5,10-11,16-17H2. The van der Waals surface area contributed by atoms with Crippen molar-refractivity contribution in [2.75, 3.05) is 0 Å². The smallest absolute Gasteiger partial charge is 0.0491 e. The van der Waals surface area contributed by atoms with Gasteiger partial charge in [0.05, 0.1) is 0 Å². The summed E-state index contributed by atoms with van der Waals surface area (Å²) >= 11 is 0. The quantitative estimate of drug-likeness (QED) is 0.257. The fraction of sp³-hybridized carbons (Fsp3) is 0.172. The third-order valence-electron chi connectivity index (χ3n) is 7.14. The summed E-state index contributed by atoms with van der Waals surface area (Å²) in [4.78, 5) is 0. The highest BCUT2D eigenvalue weighted by Crippen LogP contribution is 2.33. The van der Waals surface area contributed by atoms with E-state index < -0.39 is 0 Å². The van der Waals surface area contributed by atoms with Crippen LogP contribution in [0, 0.1) is 0 Å². The molecule has 4 aromatic carbocycles. The van der Waals surface area contributed by atoms with E-state index in [2.05, 4.69) is 94.1 Å². The molecule has 10 rings (SSSR count). The van der Waals surface area contributed by atoms with Crippen LogP contribution >= 0.6 is 0 Å². The van der Waals surface area contributed by atoms with E-state index in [4.69, 9.17) is 0 Å². The summed E-state index contributed by atoms with van der Waals surface area (Å²) in [5.74, 6) is 0. The van der Waals surface area contributed by atoms with E-state index in [0.717, 1.165) is 32.4 Å². The minimum Gasteiger partial charge on any atom is -0.340 e. The fourth-order valence-electron chi connectivity index (χ4n) is 5.67. The lowest BCUT2D eigenvalue weighted by atomic mass is 10.0. The van der Waals surface area contributed by atoms with Gasteiger partial charge in [0.2, 0.25) is 0 Å². The Morgan fingerprint density at radius 2 is 0.903 bits per heavy atom. The first-order valence-electron chi connectivity index (χ1n) is 11.4. The predicted octanol–water partition coefficient (Wildman–Crippen LogP) is 7.09. The highest BCUT2D eigenvalue weighted by Gasteiger charge is 2.14. The van der Waals surface area contributed by atoms with Crippen molar-refractivity contribution < 1.29 is 0 Å². The summed E-state index contributed by atoms with van der Waals surface area (Å²) in [7, 11) is 0. The first-order chi connectivity index (χ1) is 15.4. The molecule has 0 amide bonds. The number of hydrogen-bond acceptors (Lipinski definition) is 0. The van der Waals surface area contributed by atoms with E-state index in [1.54, 1.807) is 0 Å². The molecular weight excluding hydrogens is 376 g/mol. The van der Waals surface area contributed by atoms with Gasteiger partial charge in [-0.1, -0.05) is 48.5 Å². The molecule has 0 N–H and O–H groups in total. The Bertz CT molecular complexity index is 1490. The molecule has 0 saturated carbocycles. The highest BCUT2D eigenvalue weighted by molar-refractivity contribution is 6.09. The third-order valence-corrected chi connectivity index (χ3v) is 7.14. The lowest BCUT2D eigenvalue weighted by molar-refractivity contribution is 0.603. The number of fused-ring (bicyclic) bond motifs is 2. The molecule has 4 aliphatic heterocycles. The number of benzene rings is 4. The predicted molar refractivity (Wildman–Crippen MR) is 131 cm³/mol. The number of aromatic nitrogens is 2. The minimum absolute atomic E-state index is 1.02. The van der Waals surface area contributed by atoms with Crippen LogP contribution in [0.15, 0.2) is 84.9 Å². The molecule has 2 heteroatoms. The van der Waals surface area contributed by atoms with Crippen LogP contribution < -0.4 is 0 Å². The zero-order chi connectivity index (χ0) is 20.4. The van der Waals surface area contributed by atoms with Crippen molar-refractivity contribution in [1.82, 2.24) is 9.13 Å². The molecule has 2 nitrogen and oxygen atoms in total. The zero-order valence-electron chi connectivity index (χ0n) is 17.5. The van der Waals surface area contributed by atoms with E-state index in [9.17, 15) is 0 Å². The van der Waals surface area contributed by atoms with Crippen LogP contribution in [-0.4, -0.2) is 9.13 Å². The van der Waals surface area contributed by atoms with E-state index in [1.807, 2.05) is 0 Å². The molecule has 0 fully saturated rings. The van der Waals surface area contributed by atoms with Crippen molar-refractivity contribution in [3.8, 4) is 0 Å². The zero-order valence-corrected chi connectivity index (χ0v) is 17.5. The monoisotopic (exact) mass is 400 g/mol. The van der Waals surface area contributed by atoms with Gasteiger partial charge in [0.25, 0.3) is 0 Å². The van der Waals surface area contributed by atoms with E-state index in [0.29, 0.717) is 0 Å². The topological polar surface area (TPSA) is 9.86 Å². The van der Waals surface area contributed by atoms with Gasteiger partial charge >= 0.3 is 0 Å². The SMILES string of the molecule is c1ccc2c(c1)c1cc3ccc1n2CCCn1c2ccccc2c2cc(ccc21)CC3. The molecule has 0 unspecified atom stereocenters. The Kier molecular flexibility index (Phi) is 3.60. The maximum atomic E-state index is 2.53. The summed E-state index contributed by atoms with van der Waals surface area (Å²) in [6.07, 6.45) is 3.24. The average Bonchev–Trinajstić information content (AvgIpc) is 3.30. The summed E-state index contributed by atoms with van der Waals surface area (Å²) in [6, 6.07) is 32.0. The van der Waals surface area contributed by atoms with Gasteiger partial charge in [0.1, 0.15) is 0 Å². The van der Waals surface area contributed by atoms with Gasteiger partial charge < -0.3 is 9.13 Å². The summed E-state index contributed by atoms with van der Waals surface area (Å²) < 4.78 is 5.05. The molecule has 8 bridgehead atoms. The van der Waals surface area contributed by atoms with E-state index >= 15 is 0 Å². The van der Waals surface area contributed by atoms with Crippen molar-refractivity contribution in [3.63, 3.8) is 0 Å². The summed E-state index contributed by atoms with van der Waals surface area (Å²) in [6.45, 7) is 2.05. The number of para-hydroxylation sites is 2. The average molecular weight is 401 g/mol. The summed E-state index contributed by atoms with van der Waals surface area (Å²) in [5.41, 5.74) is 8.28. The van der Waals surface area contributed by atoms with Gasteiger partial charge in [-0.25, -0.2) is 0 Å². The van der Waals surface area contributed by atoms with E-state index in [1.165, 1.54) is 54.7 Å². The molecule has 0 radical (unpaired) electrons. The summed E-state index contributed by atoms with van der Waals surface area (Å²) in [5, 5.41) is 5.55. The Hall–Kier alpha value is -3.52. The Balaban J connectivity index is 1.47. The Morgan fingerprint density at radius 3 is 1.42 bits per heavy atom. The second kappa shape index (κ2) is 6.49. The minimum atomic E-state index is 1.02. The molecule has 6 aromatic rings. The van der Waals surface area contributed by atoms with Crippen LogP contribution in [0.4, 0.5) is 0 Å². The molecule has 0 saturated heterocycles. The fourth-order valence-corrected chi connectivity index (χ4v) is 5.67. The molecule has 6 heterocycles.